The first-order valence-corrected chi connectivity index (χ1v) is 6.98. The fraction of sp³-hybridized carbons (Fsp3) is 0.833. The summed E-state index contributed by atoms with van der Waals surface area (Å²) in [4.78, 5) is 24.3. The lowest BCUT2D eigenvalue weighted by Crippen LogP contribution is -2.46. The standard InChI is InChI=1S/C12H22BN4O2/c14-16-9(18)11-5-3-1-2-4-6-12(13-11,8-7-11)10(19)17-15/h1-8,14-15H2,(H,16,18)(H,17,19). The van der Waals surface area contributed by atoms with Gasteiger partial charge in [0.1, 0.15) is 0 Å². The second-order valence-electron chi connectivity index (χ2n) is 5.82. The van der Waals surface area contributed by atoms with Crippen LogP contribution in [0.3, 0.4) is 0 Å². The van der Waals surface area contributed by atoms with Gasteiger partial charge >= 0.3 is 0 Å². The van der Waals surface area contributed by atoms with Crippen molar-refractivity contribution in [2.45, 2.75) is 62.0 Å². The number of nitrogens with two attached hydrogens (primary N) is 2. The molecule has 2 unspecified atom stereocenters. The van der Waals surface area contributed by atoms with Crippen molar-refractivity contribution in [1.82, 2.24) is 10.9 Å². The van der Waals surface area contributed by atoms with Gasteiger partial charge in [0.15, 0.2) is 7.28 Å². The van der Waals surface area contributed by atoms with Gasteiger partial charge < -0.3 is 0 Å². The van der Waals surface area contributed by atoms with E-state index < -0.39 is 10.6 Å². The number of carbonyl (C=O) groups is 2. The number of hydrogen-bond acceptors (Lipinski definition) is 4. The summed E-state index contributed by atoms with van der Waals surface area (Å²) < 4.78 is 0. The van der Waals surface area contributed by atoms with E-state index in [0.717, 1.165) is 38.5 Å². The molecule has 2 aliphatic heterocycles. The molecular weight excluding hydrogens is 243 g/mol. The van der Waals surface area contributed by atoms with Crippen molar-refractivity contribution in [3.05, 3.63) is 0 Å². The van der Waals surface area contributed by atoms with Crippen LogP contribution in [0.2, 0.25) is 10.6 Å². The third-order valence-corrected chi connectivity index (χ3v) is 4.73. The van der Waals surface area contributed by atoms with Crippen LogP contribution < -0.4 is 22.5 Å². The maximum atomic E-state index is 12.1. The Morgan fingerprint density at radius 3 is 1.58 bits per heavy atom. The van der Waals surface area contributed by atoms with E-state index in [4.69, 9.17) is 11.7 Å². The molecule has 19 heavy (non-hydrogen) atoms. The lowest BCUT2D eigenvalue weighted by molar-refractivity contribution is -0.125. The number of rotatable bonds is 2. The highest BCUT2D eigenvalue weighted by atomic mass is 16.2. The molecule has 0 aromatic rings. The molecule has 6 N–H and O–H groups in total. The summed E-state index contributed by atoms with van der Waals surface area (Å²) in [5.41, 5.74) is 4.53. The fourth-order valence-electron chi connectivity index (χ4n) is 3.62. The van der Waals surface area contributed by atoms with Gasteiger partial charge in [0.05, 0.1) is 0 Å². The first kappa shape index (κ1) is 14.3. The molecule has 0 aromatic heterocycles. The fourth-order valence-corrected chi connectivity index (χ4v) is 3.62. The Morgan fingerprint density at radius 1 is 0.789 bits per heavy atom. The number of amides is 2. The van der Waals surface area contributed by atoms with Gasteiger partial charge in [-0.25, -0.2) is 11.7 Å². The van der Waals surface area contributed by atoms with Gasteiger partial charge in [-0.1, -0.05) is 25.7 Å². The monoisotopic (exact) mass is 265 g/mol. The second-order valence-corrected chi connectivity index (χ2v) is 5.82. The van der Waals surface area contributed by atoms with Crippen molar-refractivity contribution < 1.29 is 9.59 Å². The molecule has 2 aliphatic rings. The molecule has 2 fully saturated rings. The Balaban J connectivity index is 2.30. The predicted octanol–water partition coefficient (Wildman–Crippen LogP) is 0.136. The molecule has 2 amide bonds. The summed E-state index contributed by atoms with van der Waals surface area (Å²) in [6, 6.07) is 0. The van der Waals surface area contributed by atoms with Crippen LogP contribution in [0.5, 0.6) is 0 Å². The van der Waals surface area contributed by atoms with Crippen LogP contribution in [0.25, 0.3) is 0 Å². The molecule has 2 heterocycles. The van der Waals surface area contributed by atoms with Crippen LogP contribution in [-0.4, -0.2) is 19.1 Å². The first-order valence-electron chi connectivity index (χ1n) is 6.98. The van der Waals surface area contributed by atoms with Crippen molar-refractivity contribution in [2.24, 2.45) is 11.7 Å². The summed E-state index contributed by atoms with van der Waals surface area (Å²) in [6.45, 7) is 0. The molecule has 2 saturated heterocycles. The van der Waals surface area contributed by atoms with Crippen LogP contribution in [0.15, 0.2) is 0 Å². The van der Waals surface area contributed by atoms with E-state index in [1.807, 2.05) is 7.28 Å². The molecule has 105 valence electrons. The molecule has 0 aliphatic carbocycles. The van der Waals surface area contributed by atoms with Crippen molar-refractivity contribution >= 4 is 19.1 Å². The quantitative estimate of drug-likeness (QED) is 0.246. The molecule has 0 spiro atoms. The number of hydrogen-bond donors (Lipinski definition) is 4. The number of fused-ring (bicyclic) bond motifs is 2. The van der Waals surface area contributed by atoms with E-state index in [2.05, 4.69) is 10.9 Å². The van der Waals surface area contributed by atoms with E-state index in [1.54, 1.807) is 0 Å². The van der Waals surface area contributed by atoms with Gasteiger partial charge in [0, 0.05) is 10.6 Å². The third-order valence-electron chi connectivity index (χ3n) is 4.73. The maximum absolute atomic E-state index is 12.1. The van der Waals surface area contributed by atoms with Gasteiger partial charge in [-0.05, 0) is 25.7 Å². The summed E-state index contributed by atoms with van der Waals surface area (Å²) in [5.74, 6) is 10.3. The summed E-state index contributed by atoms with van der Waals surface area (Å²) in [7, 11) is 1.93. The number of hydrazine groups is 2. The average molecular weight is 265 g/mol. The minimum atomic E-state index is -0.606. The zero-order valence-corrected chi connectivity index (χ0v) is 11.2. The Bertz CT molecular complexity index is 345. The van der Waals surface area contributed by atoms with Crippen LogP contribution in [0.4, 0.5) is 0 Å². The molecule has 7 heteroatoms. The van der Waals surface area contributed by atoms with Gasteiger partial charge in [-0.3, -0.25) is 20.4 Å². The highest BCUT2D eigenvalue weighted by molar-refractivity contribution is 6.57. The van der Waals surface area contributed by atoms with Crippen LogP contribution in [0, 0.1) is 0 Å². The summed E-state index contributed by atoms with van der Waals surface area (Å²) in [6.07, 6.45) is 7.02. The Kier molecular flexibility index (Phi) is 4.15. The average Bonchev–Trinajstić information content (AvgIpc) is 2.86. The number of carbonyl (C=O) groups excluding carboxylic acids is 2. The lowest BCUT2D eigenvalue weighted by atomic mass is 9.41. The van der Waals surface area contributed by atoms with Crippen molar-refractivity contribution in [3.8, 4) is 0 Å². The smallest absolute Gasteiger partial charge is 0.232 e. The lowest BCUT2D eigenvalue weighted by Gasteiger charge is -2.30. The van der Waals surface area contributed by atoms with Crippen LogP contribution in [0.1, 0.15) is 51.4 Å². The van der Waals surface area contributed by atoms with E-state index in [1.165, 1.54) is 0 Å². The van der Waals surface area contributed by atoms with Gasteiger partial charge in [-0.15, -0.1) is 0 Å². The molecule has 1 radical (unpaired) electrons. The SMILES string of the molecule is NNC(=O)C12[B]C(C(=O)NN)(CCCCCC1)CC2. The summed E-state index contributed by atoms with van der Waals surface area (Å²) in [5, 5.41) is -1.21. The minimum Gasteiger partial charge on any atom is -0.294 e. The zero-order valence-electron chi connectivity index (χ0n) is 11.2. The predicted molar refractivity (Wildman–Crippen MR) is 72.7 cm³/mol. The summed E-state index contributed by atoms with van der Waals surface area (Å²) >= 11 is 0. The molecule has 0 aromatic carbocycles. The molecular formula is C12H22BN4O2. The van der Waals surface area contributed by atoms with Gasteiger partial charge in [0.25, 0.3) is 0 Å². The molecule has 2 atom stereocenters. The van der Waals surface area contributed by atoms with Crippen molar-refractivity contribution in [3.63, 3.8) is 0 Å². The highest BCUT2D eigenvalue weighted by Crippen LogP contribution is 2.58. The minimum absolute atomic E-state index is 0.180. The van der Waals surface area contributed by atoms with E-state index in [0.29, 0.717) is 12.8 Å². The van der Waals surface area contributed by atoms with E-state index in [-0.39, 0.29) is 11.8 Å². The van der Waals surface area contributed by atoms with Crippen molar-refractivity contribution in [2.75, 3.05) is 0 Å². The van der Waals surface area contributed by atoms with E-state index in [9.17, 15) is 9.59 Å². The molecule has 0 saturated carbocycles. The molecule has 2 rings (SSSR count). The maximum Gasteiger partial charge on any atom is 0.232 e. The highest BCUT2D eigenvalue weighted by Gasteiger charge is 2.55. The number of nitrogens with one attached hydrogen (secondary N) is 2. The Hall–Kier alpha value is -1.08. The normalized spacial score (nSPS) is 34.4. The van der Waals surface area contributed by atoms with E-state index >= 15 is 0 Å². The van der Waals surface area contributed by atoms with Crippen LogP contribution in [-0.2, 0) is 9.59 Å². The molecule has 2 bridgehead atoms. The zero-order chi connectivity index (χ0) is 13.9. The van der Waals surface area contributed by atoms with Crippen molar-refractivity contribution in [1.29, 1.82) is 0 Å². The van der Waals surface area contributed by atoms with Gasteiger partial charge in [0.2, 0.25) is 11.8 Å². The van der Waals surface area contributed by atoms with Crippen LogP contribution >= 0.6 is 0 Å². The Morgan fingerprint density at radius 2 is 1.21 bits per heavy atom. The molecule has 6 nitrogen and oxygen atoms in total. The second kappa shape index (κ2) is 5.50. The van der Waals surface area contributed by atoms with Gasteiger partial charge in [-0.2, -0.15) is 0 Å². The Labute approximate surface area is 114 Å². The largest absolute Gasteiger partial charge is 0.294 e. The topological polar surface area (TPSA) is 110 Å². The first-order chi connectivity index (χ1) is 9.08. The third kappa shape index (κ3) is 2.49.